The van der Waals surface area contributed by atoms with E-state index in [4.69, 9.17) is 0 Å². The number of aromatic nitrogens is 5. The number of anilines is 2. The van der Waals surface area contributed by atoms with E-state index in [0.717, 1.165) is 61.2 Å². The Morgan fingerprint density at radius 1 is 1.22 bits per heavy atom. The van der Waals surface area contributed by atoms with Gasteiger partial charge in [-0.15, -0.1) is 0 Å². The number of nitrogens with one attached hydrogen (secondary N) is 2. The predicted molar refractivity (Wildman–Crippen MR) is 105 cm³/mol. The van der Waals surface area contributed by atoms with Gasteiger partial charge in [-0.05, 0) is 45.4 Å². The van der Waals surface area contributed by atoms with Gasteiger partial charge < -0.3 is 5.32 Å². The highest BCUT2D eigenvalue weighted by Crippen LogP contribution is 2.31. The predicted octanol–water partition coefficient (Wildman–Crippen LogP) is 3.33. The van der Waals surface area contributed by atoms with Crippen molar-refractivity contribution in [3.63, 3.8) is 0 Å². The maximum atomic E-state index is 4.67. The van der Waals surface area contributed by atoms with E-state index in [1.54, 1.807) is 12.4 Å². The minimum Gasteiger partial charge on any atom is -0.323 e. The largest absolute Gasteiger partial charge is 0.323 e. The van der Waals surface area contributed by atoms with Crippen LogP contribution in [0.1, 0.15) is 41.4 Å². The minimum atomic E-state index is 0.354. The van der Waals surface area contributed by atoms with Gasteiger partial charge in [0.25, 0.3) is 0 Å². The van der Waals surface area contributed by atoms with E-state index in [-0.39, 0.29) is 0 Å². The van der Waals surface area contributed by atoms with Crippen molar-refractivity contribution in [3.05, 3.63) is 59.4 Å². The first kappa shape index (κ1) is 17.6. The zero-order valence-corrected chi connectivity index (χ0v) is 15.8. The number of nitrogens with zero attached hydrogens (tertiary/aromatic N) is 5. The summed E-state index contributed by atoms with van der Waals surface area (Å²) < 4.78 is 0. The van der Waals surface area contributed by atoms with E-state index < -0.39 is 0 Å². The molecule has 140 valence electrons. The van der Waals surface area contributed by atoms with Crippen molar-refractivity contribution >= 4 is 11.6 Å². The Bertz CT molecular complexity index is 905. The SMILES string of the molecule is Cc1cccc(Nc2nccnc2C2CCCN(Cc3cn[nH]c3C)C2)n1. The fraction of sp³-hybridized carbons (Fsp3) is 0.400. The number of H-pyrrole nitrogens is 1. The third-order valence-corrected chi connectivity index (χ3v) is 5.08. The molecule has 0 spiro atoms. The van der Waals surface area contributed by atoms with Crippen LogP contribution in [0.4, 0.5) is 11.6 Å². The lowest BCUT2D eigenvalue weighted by molar-refractivity contribution is 0.198. The molecule has 1 fully saturated rings. The first-order chi connectivity index (χ1) is 13.2. The molecule has 7 heteroatoms. The fourth-order valence-electron chi connectivity index (χ4n) is 3.68. The smallest absolute Gasteiger partial charge is 0.153 e. The van der Waals surface area contributed by atoms with Crippen LogP contribution in [0.15, 0.2) is 36.8 Å². The maximum Gasteiger partial charge on any atom is 0.153 e. The third-order valence-electron chi connectivity index (χ3n) is 5.08. The van der Waals surface area contributed by atoms with Crippen LogP contribution in [-0.4, -0.2) is 43.1 Å². The molecule has 3 aromatic heterocycles. The zero-order valence-electron chi connectivity index (χ0n) is 15.8. The van der Waals surface area contributed by atoms with Crippen molar-refractivity contribution in [1.82, 2.24) is 30.0 Å². The number of piperidine rings is 1. The number of likely N-dealkylation sites (tertiary alicyclic amines) is 1. The zero-order chi connectivity index (χ0) is 18.6. The summed E-state index contributed by atoms with van der Waals surface area (Å²) in [7, 11) is 0. The highest BCUT2D eigenvalue weighted by Gasteiger charge is 2.25. The molecule has 7 nitrogen and oxygen atoms in total. The highest BCUT2D eigenvalue weighted by atomic mass is 15.2. The second-order valence-electron chi connectivity index (χ2n) is 7.17. The Balaban J connectivity index is 1.51. The Hall–Kier alpha value is -2.80. The Morgan fingerprint density at radius 2 is 2.11 bits per heavy atom. The Labute approximate surface area is 159 Å². The lowest BCUT2D eigenvalue weighted by Crippen LogP contribution is -2.34. The molecule has 27 heavy (non-hydrogen) atoms. The van der Waals surface area contributed by atoms with Gasteiger partial charge in [-0.3, -0.25) is 15.0 Å². The van der Waals surface area contributed by atoms with Crippen molar-refractivity contribution < 1.29 is 0 Å². The van der Waals surface area contributed by atoms with E-state index >= 15 is 0 Å². The molecule has 1 aliphatic rings. The van der Waals surface area contributed by atoms with Gasteiger partial charge in [0.1, 0.15) is 5.82 Å². The van der Waals surface area contributed by atoms with Crippen LogP contribution in [0.25, 0.3) is 0 Å². The van der Waals surface area contributed by atoms with Crippen LogP contribution < -0.4 is 5.32 Å². The normalized spacial score (nSPS) is 17.8. The first-order valence-electron chi connectivity index (χ1n) is 9.42. The van der Waals surface area contributed by atoms with E-state index in [2.05, 4.69) is 42.3 Å². The second kappa shape index (κ2) is 7.84. The number of pyridine rings is 1. The summed E-state index contributed by atoms with van der Waals surface area (Å²) in [5.41, 5.74) is 4.40. The molecule has 1 saturated heterocycles. The van der Waals surface area contributed by atoms with E-state index in [0.29, 0.717) is 5.92 Å². The van der Waals surface area contributed by atoms with E-state index in [9.17, 15) is 0 Å². The van der Waals surface area contributed by atoms with Crippen molar-refractivity contribution in [2.45, 2.75) is 39.2 Å². The average molecular weight is 363 g/mol. The quantitative estimate of drug-likeness (QED) is 0.723. The van der Waals surface area contributed by atoms with Crippen LogP contribution in [-0.2, 0) is 6.54 Å². The average Bonchev–Trinajstić information content (AvgIpc) is 3.07. The van der Waals surface area contributed by atoms with Gasteiger partial charge in [-0.25, -0.2) is 9.97 Å². The van der Waals surface area contributed by atoms with Gasteiger partial charge in [0.2, 0.25) is 0 Å². The van der Waals surface area contributed by atoms with Crippen molar-refractivity contribution in [2.24, 2.45) is 0 Å². The molecule has 0 aliphatic carbocycles. The van der Waals surface area contributed by atoms with Gasteiger partial charge in [0.05, 0.1) is 11.9 Å². The summed E-state index contributed by atoms with van der Waals surface area (Å²) in [5, 5.41) is 10.5. The second-order valence-corrected chi connectivity index (χ2v) is 7.17. The van der Waals surface area contributed by atoms with Crippen LogP contribution >= 0.6 is 0 Å². The van der Waals surface area contributed by atoms with Gasteiger partial charge in [-0.2, -0.15) is 5.10 Å². The number of hydrogen-bond acceptors (Lipinski definition) is 6. The van der Waals surface area contributed by atoms with E-state index in [1.165, 1.54) is 5.56 Å². The minimum absolute atomic E-state index is 0.354. The van der Waals surface area contributed by atoms with Gasteiger partial charge in [0.15, 0.2) is 5.82 Å². The topological polar surface area (TPSA) is 82.6 Å². The summed E-state index contributed by atoms with van der Waals surface area (Å²) in [4.78, 5) is 16.2. The highest BCUT2D eigenvalue weighted by molar-refractivity contribution is 5.55. The molecule has 0 bridgehead atoms. The summed E-state index contributed by atoms with van der Waals surface area (Å²) in [6, 6.07) is 5.94. The van der Waals surface area contributed by atoms with Crippen molar-refractivity contribution in [3.8, 4) is 0 Å². The number of aromatic amines is 1. The molecule has 3 aromatic rings. The summed E-state index contributed by atoms with van der Waals surface area (Å²) in [6.07, 6.45) is 7.72. The lowest BCUT2D eigenvalue weighted by atomic mass is 9.94. The summed E-state index contributed by atoms with van der Waals surface area (Å²) in [5.74, 6) is 1.97. The van der Waals surface area contributed by atoms with Crippen molar-refractivity contribution in [1.29, 1.82) is 0 Å². The monoisotopic (exact) mass is 363 g/mol. The lowest BCUT2D eigenvalue weighted by Gasteiger charge is -2.32. The third kappa shape index (κ3) is 4.14. The molecule has 1 aliphatic heterocycles. The van der Waals surface area contributed by atoms with E-state index in [1.807, 2.05) is 31.3 Å². The van der Waals surface area contributed by atoms with Crippen LogP contribution in [0.3, 0.4) is 0 Å². The number of aryl methyl sites for hydroxylation is 2. The number of rotatable bonds is 5. The fourth-order valence-corrected chi connectivity index (χ4v) is 3.68. The summed E-state index contributed by atoms with van der Waals surface area (Å²) >= 11 is 0. The van der Waals surface area contributed by atoms with Crippen molar-refractivity contribution in [2.75, 3.05) is 18.4 Å². The van der Waals surface area contributed by atoms with Gasteiger partial charge in [0, 0.05) is 48.4 Å². The number of hydrogen-bond donors (Lipinski definition) is 2. The van der Waals surface area contributed by atoms with Crippen LogP contribution in [0.5, 0.6) is 0 Å². The molecule has 1 unspecified atom stereocenters. The molecule has 2 N–H and O–H groups in total. The Kier molecular flexibility index (Phi) is 5.11. The molecular weight excluding hydrogens is 338 g/mol. The standard InChI is InChI=1S/C20H25N7/c1-14-5-3-7-18(24-14)25-20-19(21-8-9-22-20)16-6-4-10-27(12-16)13-17-11-23-26-15(17)2/h3,5,7-9,11,16H,4,6,10,12-13H2,1-2H3,(H,23,26)(H,22,24,25). The molecule has 0 amide bonds. The summed E-state index contributed by atoms with van der Waals surface area (Å²) in [6.45, 7) is 7.05. The molecule has 0 saturated carbocycles. The molecule has 4 rings (SSSR count). The van der Waals surface area contributed by atoms with Gasteiger partial charge in [-0.1, -0.05) is 6.07 Å². The molecular formula is C20H25N7. The molecule has 4 heterocycles. The first-order valence-corrected chi connectivity index (χ1v) is 9.42. The van der Waals surface area contributed by atoms with Crippen LogP contribution in [0.2, 0.25) is 0 Å². The molecule has 0 aromatic carbocycles. The maximum absolute atomic E-state index is 4.67. The molecule has 0 radical (unpaired) electrons. The Morgan fingerprint density at radius 3 is 2.93 bits per heavy atom. The van der Waals surface area contributed by atoms with Crippen LogP contribution in [0, 0.1) is 13.8 Å². The molecule has 1 atom stereocenters. The van der Waals surface area contributed by atoms with Gasteiger partial charge >= 0.3 is 0 Å².